The molecule has 2 atom stereocenters. The zero-order valence-electron chi connectivity index (χ0n) is 18.5. The van der Waals surface area contributed by atoms with Gasteiger partial charge in [-0.15, -0.1) is 0 Å². The number of aromatic nitrogens is 2. The van der Waals surface area contributed by atoms with E-state index < -0.39 is 45.7 Å². The lowest BCUT2D eigenvalue weighted by molar-refractivity contribution is 0.0979. The van der Waals surface area contributed by atoms with E-state index in [2.05, 4.69) is 9.71 Å². The summed E-state index contributed by atoms with van der Waals surface area (Å²) in [6.07, 6.45) is 2.44. The molecule has 2 aromatic heterocycles. The molecule has 0 spiro atoms. The minimum Gasteiger partial charge on any atom is -0.489 e. The molecule has 0 saturated carbocycles. The topological polar surface area (TPSA) is 93.5 Å². The summed E-state index contributed by atoms with van der Waals surface area (Å²) in [5.41, 5.74) is -0.149. The van der Waals surface area contributed by atoms with Crippen LogP contribution >= 0.6 is 0 Å². The van der Waals surface area contributed by atoms with Gasteiger partial charge in [-0.05, 0) is 29.8 Å². The summed E-state index contributed by atoms with van der Waals surface area (Å²) >= 11 is 0. The van der Waals surface area contributed by atoms with Gasteiger partial charge in [-0.25, -0.2) is 31.3 Å². The predicted molar refractivity (Wildman–Crippen MR) is 119 cm³/mol. The molecule has 0 amide bonds. The number of carbonyl (C=O) groups excluding carboxylic acids is 1. The van der Waals surface area contributed by atoms with Crippen LogP contribution in [0.25, 0.3) is 0 Å². The number of hydrogen-bond donors (Lipinski definition) is 1. The van der Waals surface area contributed by atoms with Gasteiger partial charge in [-0.3, -0.25) is 4.79 Å². The Bertz CT molecular complexity index is 1390. The lowest BCUT2D eigenvalue weighted by Gasteiger charge is -2.23. The van der Waals surface area contributed by atoms with Crippen LogP contribution in [-0.2, 0) is 23.5 Å². The van der Waals surface area contributed by atoms with E-state index >= 15 is 0 Å². The normalized spacial score (nSPS) is 21.0. The summed E-state index contributed by atoms with van der Waals surface area (Å²) < 4.78 is 76.9. The standard InChI is InChI=1S/C23H21F3N4O4S/c1-29-11-19-23(22(29)18(31)8-13-6-15(24)21(26)16(25)7-13)34-12-14-9-30(20-4-2-3-5-27-20)10-17(14)28-35(19,32)33/h2-7,11,14,17,28H,8-10,12H2,1H3. The molecule has 2 unspecified atom stereocenters. The van der Waals surface area contributed by atoms with Crippen molar-refractivity contribution in [2.75, 3.05) is 24.6 Å². The summed E-state index contributed by atoms with van der Waals surface area (Å²) in [5, 5.41) is 0. The number of halogens is 3. The molecule has 0 bridgehead atoms. The Morgan fingerprint density at radius 3 is 2.63 bits per heavy atom. The Labute approximate surface area is 199 Å². The number of anilines is 1. The first kappa shape index (κ1) is 23.4. The Balaban J connectivity index is 1.44. The number of fused-ring (bicyclic) bond motifs is 2. The van der Waals surface area contributed by atoms with E-state index in [4.69, 9.17) is 4.74 Å². The third-order valence-electron chi connectivity index (χ3n) is 6.23. The lowest BCUT2D eigenvalue weighted by atomic mass is 10.1. The number of nitrogens with zero attached hydrogens (tertiary/aromatic N) is 3. The van der Waals surface area contributed by atoms with Crippen LogP contribution in [-0.4, -0.2) is 49.5 Å². The van der Waals surface area contributed by atoms with E-state index in [9.17, 15) is 26.4 Å². The Morgan fingerprint density at radius 1 is 1.20 bits per heavy atom. The van der Waals surface area contributed by atoms with Gasteiger partial charge in [0.1, 0.15) is 16.4 Å². The van der Waals surface area contributed by atoms with E-state index in [0.717, 1.165) is 12.1 Å². The van der Waals surface area contributed by atoms with Crippen molar-refractivity contribution in [2.24, 2.45) is 13.0 Å². The maximum atomic E-state index is 13.6. The second kappa shape index (κ2) is 8.68. The summed E-state index contributed by atoms with van der Waals surface area (Å²) in [6.45, 7) is 1.03. The molecular formula is C23H21F3N4O4S. The van der Waals surface area contributed by atoms with Gasteiger partial charge in [0, 0.05) is 50.9 Å². The number of sulfonamides is 1. The SMILES string of the molecule is Cn1cc2c(c1C(=O)Cc1cc(F)c(F)c(F)c1)OCC1CN(c3ccccn3)CC1NS2(=O)=O. The largest absolute Gasteiger partial charge is 0.489 e. The van der Waals surface area contributed by atoms with Crippen LogP contribution < -0.4 is 14.4 Å². The molecule has 0 aliphatic carbocycles. The van der Waals surface area contributed by atoms with E-state index in [0.29, 0.717) is 18.9 Å². The Hall–Kier alpha value is -3.38. The number of Topliss-reactive ketones (excluding diaryl/α,β-unsaturated/α-hetero) is 1. The van der Waals surface area contributed by atoms with Crippen molar-refractivity contribution in [1.29, 1.82) is 0 Å². The highest BCUT2D eigenvalue weighted by Crippen LogP contribution is 2.35. The maximum absolute atomic E-state index is 13.6. The van der Waals surface area contributed by atoms with Crippen LogP contribution in [0.2, 0.25) is 0 Å². The van der Waals surface area contributed by atoms with Crippen molar-refractivity contribution in [3.8, 4) is 5.75 Å². The highest BCUT2D eigenvalue weighted by atomic mass is 32.2. The third-order valence-corrected chi connectivity index (χ3v) is 7.71. The first-order chi connectivity index (χ1) is 16.6. The fourth-order valence-electron chi connectivity index (χ4n) is 4.56. The van der Waals surface area contributed by atoms with E-state index in [-0.39, 0.29) is 34.4 Å². The lowest BCUT2D eigenvalue weighted by Crippen LogP contribution is -2.43. The number of hydrogen-bond acceptors (Lipinski definition) is 6. The Kier molecular flexibility index (Phi) is 5.80. The van der Waals surface area contributed by atoms with Crippen LogP contribution in [0.3, 0.4) is 0 Å². The minimum absolute atomic E-state index is 0.0615. The number of rotatable bonds is 4. The van der Waals surface area contributed by atoms with E-state index in [1.54, 1.807) is 12.3 Å². The monoisotopic (exact) mass is 506 g/mol. The first-order valence-corrected chi connectivity index (χ1v) is 12.3. The smallest absolute Gasteiger partial charge is 0.246 e. The van der Waals surface area contributed by atoms with Crippen molar-refractivity contribution in [2.45, 2.75) is 17.4 Å². The van der Waals surface area contributed by atoms with Crippen LogP contribution in [0.1, 0.15) is 16.1 Å². The van der Waals surface area contributed by atoms with Gasteiger partial charge in [-0.1, -0.05) is 6.07 Å². The highest BCUT2D eigenvalue weighted by molar-refractivity contribution is 7.89. The number of nitrogens with one attached hydrogen (secondary N) is 1. The van der Waals surface area contributed by atoms with E-state index in [1.807, 2.05) is 17.0 Å². The van der Waals surface area contributed by atoms with Crippen LogP contribution in [0.4, 0.5) is 19.0 Å². The molecule has 1 fully saturated rings. The highest BCUT2D eigenvalue weighted by Gasteiger charge is 2.41. The number of aryl methyl sites for hydroxylation is 1. The molecule has 1 saturated heterocycles. The molecule has 184 valence electrons. The second-order valence-electron chi connectivity index (χ2n) is 8.65. The molecule has 12 heteroatoms. The fourth-order valence-corrected chi connectivity index (χ4v) is 6.05. The van der Waals surface area contributed by atoms with E-state index in [1.165, 1.54) is 17.8 Å². The number of carbonyl (C=O) groups is 1. The number of ether oxygens (including phenoxy) is 1. The van der Waals surface area contributed by atoms with Crippen LogP contribution in [0, 0.1) is 23.4 Å². The second-order valence-corrected chi connectivity index (χ2v) is 10.3. The number of pyridine rings is 1. The average Bonchev–Trinajstić information content (AvgIpc) is 3.36. The summed E-state index contributed by atoms with van der Waals surface area (Å²) in [7, 11) is -2.57. The molecule has 4 heterocycles. The van der Waals surface area contributed by atoms with Gasteiger partial charge in [0.2, 0.25) is 10.0 Å². The van der Waals surface area contributed by atoms with Crippen molar-refractivity contribution < 1.29 is 31.1 Å². The molecule has 1 N–H and O–H groups in total. The minimum atomic E-state index is -4.05. The van der Waals surface area contributed by atoms with Crippen molar-refractivity contribution >= 4 is 21.6 Å². The molecule has 35 heavy (non-hydrogen) atoms. The van der Waals surface area contributed by atoms with Gasteiger partial charge < -0.3 is 14.2 Å². The van der Waals surface area contributed by atoms with Crippen LogP contribution in [0.15, 0.2) is 47.6 Å². The Morgan fingerprint density at radius 2 is 1.94 bits per heavy atom. The average molecular weight is 507 g/mol. The summed E-state index contributed by atoms with van der Waals surface area (Å²) in [6, 6.07) is 6.50. The van der Waals surface area contributed by atoms with Gasteiger partial charge >= 0.3 is 0 Å². The van der Waals surface area contributed by atoms with Crippen molar-refractivity contribution in [3.05, 3.63) is 71.4 Å². The maximum Gasteiger partial charge on any atom is 0.246 e. The third kappa shape index (κ3) is 4.27. The van der Waals surface area contributed by atoms with Crippen molar-refractivity contribution in [1.82, 2.24) is 14.3 Å². The van der Waals surface area contributed by atoms with Gasteiger partial charge in [0.05, 0.1) is 6.61 Å². The molecule has 2 aliphatic heterocycles. The van der Waals surface area contributed by atoms with Crippen LogP contribution in [0.5, 0.6) is 5.75 Å². The predicted octanol–water partition coefficient (Wildman–Crippen LogP) is 2.44. The van der Waals surface area contributed by atoms with Gasteiger partial charge in [-0.2, -0.15) is 0 Å². The molecule has 3 aromatic rings. The molecular weight excluding hydrogens is 485 g/mol. The molecule has 5 rings (SSSR count). The molecule has 8 nitrogen and oxygen atoms in total. The number of benzene rings is 1. The summed E-state index contributed by atoms with van der Waals surface area (Å²) in [4.78, 5) is 19.2. The molecule has 2 aliphatic rings. The number of ketones is 1. The van der Waals surface area contributed by atoms with Gasteiger partial charge in [0.15, 0.2) is 29.0 Å². The zero-order valence-corrected chi connectivity index (χ0v) is 19.4. The molecule has 0 radical (unpaired) electrons. The summed E-state index contributed by atoms with van der Waals surface area (Å²) in [5.74, 6) is -4.72. The quantitative estimate of drug-likeness (QED) is 0.432. The fraction of sp³-hybridized carbons (Fsp3) is 0.304. The first-order valence-electron chi connectivity index (χ1n) is 10.8. The van der Waals surface area contributed by atoms with Crippen molar-refractivity contribution in [3.63, 3.8) is 0 Å². The van der Waals surface area contributed by atoms with Gasteiger partial charge in [0.25, 0.3) is 0 Å². The zero-order chi connectivity index (χ0) is 24.9. The molecule has 1 aromatic carbocycles.